The molecule has 9 nitrogen and oxygen atoms in total. The highest BCUT2D eigenvalue weighted by Crippen LogP contribution is 2.40. The second kappa shape index (κ2) is 8.62. The van der Waals surface area contributed by atoms with E-state index in [4.69, 9.17) is 11.6 Å². The molecule has 1 aliphatic heterocycles. The van der Waals surface area contributed by atoms with Crippen LogP contribution in [0.5, 0.6) is 5.88 Å². The van der Waals surface area contributed by atoms with Crippen molar-refractivity contribution in [2.24, 2.45) is 0 Å². The van der Waals surface area contributed by atoms with Crippen molar-refractivity contribution >= 4 is 39.3 Å². The lowest BCUT2D eigenvalue weighted by molar-refractivity contribution is -0.384. The van der Waals surface area contributed by atoms with E-state index in [1.807, 2.05) is 24.3 Å². The Labute approximate surface area is 198 Å². The van der Waals surface area contributed by atoms with Crippen LogP contribution in [0.1, 0.15) is 22.3 Å². The van der Waals surface area contributed by atoms with E-state index in [9.17, 15) is 15.2 Å². The number of fused-ring (bicyclic) bond motifs is 1. The van der Waals surface area contributed by atoms with Crippen LogP contribution in [0.25, 0.3) is 4.96 Å². The molecule has 5 rings (SSSR count). The number of benzene rings is 2. The molecule has 3 heterocycles. The van der Waals surface area contributed by atoms with Gasteiger partial charge in [0.25, 0.3) is 5.69 Å². The number of hydrogen-bond acceptors (Lipinski definition) is 8. The molecule has 11 heteroatoms. The first-order valence-corrected chi connectivity index (χ1v) is 11.6. The normalized spacial score (nSPS) is 15.8. The molecule has 0 radical (unpaired) electrons. The number of aryl methyl sites for hydroxylation is 1. The molecule has 1 fully saturated rings. The fourth-order valence-electron chi connectivity index (χ4n) is 4.24. The fraction of sp³-hybridized carbons (Fsp3) is 0.273. The van der Waals surface area contributed by atoms with Crippen LogP contribution in [-0.2, 0) is 0 Å². The summed E-state index contributed by atoms with van der Waals surface area (Å²) in [5, 5.41) is 27.1. The number of non-ortho nitro benzene ring substituents is 1. The van der Waals surface area contributed by atoms with Crippen LogP contribution in [-0.4, -0.2) is 55.7 Å². The minimum atomic E-state index is -0.411. The standard InChI is InChI=1S/C22H21ClN6O3S/c1-14-24-22-28(25-14)21(30)20(33-22)19(15-5-7-17(8-6-15)29(31)32)27-11-9-26(10-12-27)18-4-2-3-16(23)13-18/h2-8,13,19,30H,9-12H2,1H3. The third kappa shape index (κ3) is 4.12. The fourth-order valence-corrected chi connectivity index (χ4v) is 5.59. The summed E-state index contributed by atoms with van der Waals surface area (Å²) in [5.41, 5.74) is 1.98. The maximum absolute atomic E-state index is 11.1. The number of nitro groups is 1. The molecule has 0 bridgehead atoms. The van der Waals surface area contributed by atoms with Gasteiger partial charge in [-0.2, -0.15) is 4.52 Å². The van der Waals surface area contributed by atoms with Crippen LogP contribution in [0.3, 0.4) is 0 Å². The second-order valence-electron chi connectivity index (χ2n) is 7.90. The molecule has 2 aromatic heterocycles. The molecule has 0 spiro atoms. The first-order chi connectivity index (χ1) is 15.9. The van der Waals surface area contributed by atoms with Gasteiger partial charge in [0.1, 0.15) is 5.82 Å². The summed E-state index contributed by atoms with van der Waals surface area (Å²) < 4.78 is 1.45. The molecule has 2 aromatic carbocycles. The number of nitrogens with zero attached hydrogens (tertiary/aromatic N) is 6. The number of halogens is 1. The number of anilines is 1. The summed E-state index contributed by atoms with van der Waals surface area (Å²) in [5.74, 6) is 0.640. The van der Waals surface area contributed by atoms with Crippen molar-refractivity contribution in [3.63, 3.8) is 0 Å². The zero-order valence-corrected chi connectivity index (χ0v) is 19.3. The number of aromatic hydroxyl groups is 1. The van der Waals surface area contributed by atoms with E-state index in [1.54, 1.807) is 19.1 Å². The highest BCUT2D eigenvalue weighted by Gasteiger charge is 2.32. The van der Waals surface area contributed by atoms with Crippen molar-refractivity contribution in [2.75, 3.05) is 31.1 Å². The van der Waals surface area contributed by atoms with Crippen LogP contribution in [0.2, 0.25) is 5.02 Å². The highest BCUT2D eigenvalue weighted by atomic mass is 35.5. The number of rotatable bonds is 5. The van der Waals surface area contributed by atoms with Crippen LogP contribution in [0.15, 0.2) is 48.5 Å². The summed E-state index contributed by atoms with van der Waals surface area (Å²) in [7, 11) is 0. The third-order valence-corrected chi connectivity index (χ3v) is 7.13. The van der Waals surface area contributed by atoms with Crippen molar-refractivity contribution in [3.8, 4) is 5.88 Å². The quantitative estimate of drug-likeness (QED) is 0.333. The molecule has 0 aliphatic carbocycles. The molecule has 1 aliphatic rings. The van der Waals surface area contributed by atoms with Gasteiger partial charge in [0, 0.05) is 49.0 Å². The Bertz CT molecular complexity index is 1310. The molecular weight excluding hydrogens is 464 g/mol. The Hall–Kier alpha value is -3.21. The number of piperazine rings is 1. The minimum Gasteiger partial charge on any atom is -0.492 e. The van der Waals surface area contributed by atoms with Gasteiger partial charge in [-0.1, -0.05) is 41.1 Å². The number of hydrogen-bond donors (Lipinski definition) is 1. The van der Waals surface area contributed by atoms with Crippen molar-refractivity contribution in [2.45, 2.75) is 13.0 Å². The lowest BCUT2D eigenvalue weighted by atomic mass is 10.0. The topological polar surface area (TPSA) is 100 Å². The van der Waals surface area contributed by atoms with Gasteiger partial charge in [-0.05, 0) is 30.7 Å². The second-order valence-corrected chi connectivity index (χ2v) is 9.34. The van der Waals surface area contributed by atoms with Crippen LogP contribution in [0, 0.1) is 17.0 Å². The van der Waals surface area contributed by atoms with Gasteiger partial charge in [-0.25, -0.2) is 4.98 Å². The van der Waals surface area contributed by atoms with Crippen molar-refractivity contribution in [1.82, 2.24) is 19.5 Å². The lowest BCUT2D eigenvalue weighted by Crippen LogP contribution is -2.47. The molecule has 1 unspecified atom stereocenters. The SMILES string of the molecule is Cc1nc2sc(C(c3ccc([N+](=O)[O-])cc3)N3CCN(c4cccc(Cl)c4)CC3)c(O)n2n1. The van der Waals surface area contributed by atoms with Gasteiger partial charge >= 0.3 is 0 Å². The van der Waals surface area contributed by atoms with Crippen molar-refractivity contribution < 1.29 is 10.0 Å². The Morgan fingerprint density at radius 1 is 1.15 bits per heavy atom. The molecule has 170 valence electrons. The molecule has 4 aromatic rings. The summed E-state index contributed by atoms with van der Waals surface area (Å²) in [6.07, 6.45) is 0. The summed E-state index contributed by atoms with van der Waals surface area (Å²) >= 11 is 7.55. The minimum absolute atomic E-state index is 0.0331. The van der Waals surface area contributed by atoms with E-state index in [0.29, 0.717) is 15.8 Å². The molecule has 0 saturated carbocycles. The Morgan fingerprint density at radius 3 is 2.52 bits per heavy atom. The van der Waals surface area contributed by atoms with E-state index < -0.39 is 4.92 Å². The maximum atomic E-state index is 11.1. The highest BCUT2D eigenvalue weighted by molar-refractivity contribution is 7.17. The maximum Gasteiger partial charge on any atom is 0.269 e. The lowest BCUT2D eigenvalue weighted by Gasteiger charge is -2.40. The Morgan fingerprint density at radius 2 is 1.88 bits per heavy atom. The predicted octanol–water partition coefficient (Wildman–Crippen LogP) is 4.28. The zero-order valence-electron chi connectivity index (χ0n) is 17.8. The molecular formula is C22H21ClN6O3S. The third-order valence-electron chi connectivity index (χ3n) is 5.83. The first kappa shape index (κ1) is 21.6. The Kier molecular flexibility index (Phi) is 5.65. The number of thiazole rings is 1. The molecule has 1 atom stereocenters. The molecule has 33 heavy (non-hydrogen) atoms. The van der Waals surface area contributed by atoms with Gasteiger partial charge in [-0.3, -0.25) is 15.0 Å². The van der Waals surface area contributed by atoms with Crippen molar-refractivity contribution in [3.05, 3.63) is 79.9 Å². The monoisotopic (exact) mass is 484 g/mol. The van der Waals surface area contributed by atoms with Crippen LogP contribution >= 0.6 is 22.9 Å². The van der Waals surface area contributed by atoms with E-state index in [1.165, 1.54) is 28.0 Å². The van der Waals surface area contributed by atoms with Gasteiger partial charge in [0.05, 0.1) is 15.8 Å². The average molecular weight is 485 g/mol. The first-order valence-electron chi connectivity index (χ1n) is 10.4. The number of aromatic nitrogens is 3. The van der Waals surface area contributed by atoms with Gasteiger partial charge in [0.15, 0.2) is 0 Å². The Balaban J connectivity index is 1.48. The van der Waals surface area contributed by atoms with Gasteiger partial charge < -0.3 is 10.0 Å². The van der Waals surface area contributed by atoms with Crippen LogP contribution in [0.4, 0.5) is 11.4 Å². The molecule has 1 saturated heterocycles. The van der Waals surface area contributed by atoms with E-state index >= 15 is 0 Å². The summed E-state index contributed by atoms with van der Waals surface area (Å²) in [6, 6.07) is 14.0. The average Bonchev–Trinajstić information content (AvgIpc) is 3.32. The smallest absolute Gasteiger partial charge is 0.269 e. The van der Waals surface area contributed by atoms with Crippen molar-refractivity contribution in [1.29, 1.82) is 0 Å². The van der Waals surface area contributed by atoms with Crippen LogP contribution < -0.4 is 4.90 Å². The van der Waals surface area contributed by atoms with E-state index in [-0.39, 0.29) is 17.6 Å². The van der Waals surface area contributed by atoms with Gasteiger partial charge in [-0.15, -0.1) is 5.10 Å². The zero-order chi connectivity index (χ0) is 23.1. The number of nitro benzene ring substituents is 1. The summed E-state index contributed by atoms with van der Waals surface area (Å²) in [6.45, 7) is 4.82. The molecule has 1 N–H and O–H groups in total. The summed E-state index contributed by atoms with van der Waals surface area (Å²) in [4.78, 5) is 21.0. The van der Waals surface area contributed by atoms with E-state index in [0.717, 1.165) is 42.3 Å². The molecule has 0 amide bonds. The predicted molar refractivity (Wildman–Crippen MR) is 127 cm³/mol. The largest absolute Gasteiger partial charge is 0.492 e. The van der Waals surface area contributed by atoms with E-state index in [2.05, 4.69) is 19.9 Å². The van der Waals surface area contributed by atoms with Gasteiger partial charge in [0.2, 0.25) is 10.8 Å².